The van der Waals surface area contributed by atoms with E-state index in [2.05, 4.69) is 4.98 Å². The van der Waals surface area contributed by atoms with Gasteiger partial charge in [0.05, 0.1) is 0 Å². The first-order valence-electron chi connectivity index (χ1n) is 8.43. The Morgan fingerprint density at radius 1 is 1.15 bits per heavy atom. The first-order chi connectivity index (χ1) is 12.7. The van der Waals surface area contributed by atoms with Crippen LogP contribution in [0.1, 0.15) is 13.8 Å². The van der Waals surface area contributed by atoms with Crippen molar-refractivity contribution < 1.29 is 4.79 Å². The molecule has 3 rings (SSSR count). The average Bonchev–Trinajstić information content (AvgIpc) is 2.95. The van der Waals surface area contributed by atoms with Gasteiger partial charge >= 0.3 is 5.69 Å². The number of imidazole rings is 1. The minimum Gasteiger partial charge on any atom is -0.308 e. The molecule has 0 spiro atoms. The molecule has 0 aliphatic rings. The summed E-state index contributed by atoms with van der Waals surface area (Å²) in [4.78, 5) is 43.5. The maximum absolute atomic E-state index is 13.0. The number of hydrogen-bond acceptors (Lipinski definition) is 4. The third-order valence-corrected chi connectivity index (χ3v) is 4.70. The monoisotopic (exact) mass is 389 g/mol. The van der Waals surface area contributed by atoms with Crippen LogP contribution in [0, 0.1) is 0 Å². The van der Waals surface area contributed by atoms with Crippen LogP contribution < -0.4 is 16.1 Å². The second-order valence-corrected chi connectivity index (χ2v) is 6.88. The van der Waals surface area contributed by atoms with Crippen LogP contribution in [0.15, 0.2) is 39.9 Å². The number of rotatable bonds is 4. The maximum atomic E-state index is 13.0. The molecule has 0 bridgehead atoms. The summed E-state index contributed by atoms with van der Waals surface area (Å²) in [5.41, 5.74) is -0.0332. The summed E-state index contributed by atoms with van der Waals surface area (Å²) in [6.07, 6.45) is 0. The molecular weight excluding hydrogens is 370 g/mol. The molecule has 3 aromatic rings. The highest BCUT2D eigenvalue weighted by atomic mass is 35.5. The highest BCUT2D eigenvalue weighted by molar-refractivity contribution is 6.29. The van der Waals surface area contributed by atoms with Crippen molar-refractivity contribution in [1.82, 2.24) is 18.7 Å². The van der Waals surface area contributed by atoms with E-state index in [-0.39, 0.29) is 34.9 Å². The summed E-state index contributed by atoms with van der Waals surface area (Å²) in [5.74, 6) is -0.242. The van der Waals surface area contributed by atoms with Crippen LogP contribution in [0.4, 0.5) is 5.69 Å². The van der Waals surface area contributed by atoms with Gasteiger partial charge in [-0.15, -0.1) is 0 Å². The fourth-order valence-corrected chi connectivity index (χ4v) is 3.32. The van der Waals surface area contributed by atoms with Crippen LogP contribution in [-0.4, -0.2) is 30.6 Å². The molecule has 0 saturated heterocycles. The summed E-state index contributed by atoms with van der Waals surface area (Å²) >= 11 is 6.21. The van der Waals surface area contributed by atoms with Gasteiger partial charge in [0.15, 0.2) is 11.2 Å². The number of nitrogens with zero attached hydrogens (tertiary/aromatic N) is 5. The number of carbonyl (C=O) groups excluding carboxylic acids is 1. The molecule has 9 heteroatoms. The number of amides is 1. The van der Waals surface area contributed by atoms with Crippen LogP contribution in [0.2, 0.25) is 5.28 Å². The van der Waals surface area contributed by atoms with E-state index >= 15 is 0 Å². The van der Waals surface area contributed by atoms with Crippen LogP contribution >= 0.6 is 11.6 Å². The van der Waals surface area contributed by atoms with Gasteiger partial charge in [0.1, 0.15) is 6.54 Å². The van der Waals surface area contributed by atoms with Gasteiger partial charge in [-0.3, -0.25) is 23.3 Å². The van der Waals surface area contributed by atoms with E-state index in [1.54, 1.807) is 4.90 Å². The van der Waals surface area contributed by atoms with Crippen molar-refractivity contribution in [2.45, 2.75) is 26.4 Å². The Morgan fingerprint density at radius 2 is 1.78 bits per heavy atom. The SMILES string of the molecule is CC(C)N(C(=O)Cn1c(Cl)nc2c1c(=O)n(C)c(=O)n2C)c1ccccc1. The standard InChI is InChI=1S/C18H20ClN5O3/c1-11(2)24(12-8-6-5-7-9-12)13(25)10-23-14-15(20-17(23)19)21(3)18(27)22(4)16(14)26/h5-9,11H,10H2,1-4H3. The number of para-hydroxylation sites is 1. The van der Waals surface area contributed by atoms with Gasteiger partial charge in [0, 0.05) is 25.8 Å². The van der Waals surface area contributed by atoms with Crippen molar-refractivity contribution in [2.75, 3.05) is 4.90 Å². The summed E-state index contributed by atoms with van der Waals surface area (Å²) in [5, 5.41) is -0.0200. The van der Waals surface area contributed by atoms with E-state index in [1.165, 1.54) is 23.2 Å². The fourth-order valence-electron chi connectivity index (χ4n) is 3.09. The Balaban J connectivity index is 2.11. The molecule has 1 aromatic carbocycles. The second kappa shape index (κ2) is 7.03. The largest absolute Gasteiger partial charge is 0.332 e. The Morgan fingerprint density at radius 3 is 2.37 bits per heavy atom. The predicted molar refractivity (Wildman–Crippen MR) is 104 cm³/mol. The highest BCUT2D eigenvalue weighted by Gasteiger charge is 2.24. The van der Waals surface area contributed by atoms with E-state index in [1.807, 2.05) is 44.2 Å². The lowest BCUT2D eigenvalue weighted by Gasteiger charge is -2.27. The van der Waals surface area contributed by atoms with Gasteiger partial charge in [-0.25, -0.2) is 4.79 Å². The predicted octanol–water partition coefficient (Wildman–Crippen LogP) is 1.53. The highest BCUT2D eigenvalue weighted by Crippen LogP contribution is 2.20. The first-order valence-corrected chi connectivity index (χ1v) is 8.80. The van der Waals surface area contributed by atoms with Crippen molar-refractivity contribution in [1.29, 1.82) is 0 Å². The number of hydrogen-bond donors (Lipinski definition) is 0. The van der Waals surface area contributed by atoms with Gasteiger partial charge < -0.3 is 4.90 Å². The number of benzene rings is 1. The van der Waals surface area contributed by atoms with Crippen LogP contribution in [0.5, 0.6) is 0 Å². The molecule has 0 fully saturated rings. The molecule has 8 nitrogen and oxygen atoms in total. The zero-order valence-electron chi connectivity index (χ0n) is 15.5. The summed E-state index contributed by atoms with van der Waals surface area (Å²) in [6.45, 7) is 3.64. The van der Waals surface area contributed by atoms with Gasteiger partial charge in [0.25, 0.3) is 5.56 Å². The average molecular weight is 390 g/mol. The Labute approximate surface area is 160 Å². The molecule has 0 aliphatic carbocycles. The number of fused-ring (bicyclic) bond motifs is 1. The summed E-state index contributed by atoms with van der Waals surface area (Å²) < 4.78 is 3.55. The third-order valence-electron chi connectivity index (χ3n) is 4.41. The van der Waals surface area contributed by atoms with E-state index in [4.69, 9.17) is 11.6 Å². The molecule has 0 atom stereocenters. The van der Waals surface area contributed by atoms with E-state index in [0.717, 1.165) is 10.3 Å². The molecule has 27 heavy (non-hydrogen) atoms. The zero-order chi connectivity index (χ0) is 19.9. The molecular formula is C18H20ClN5O3. The smallest absolute Gasteiger partial charge is 0.308 e. The van der Waals surface area contributed by atoms with Gasteiger partial charge in [-0.1, -0.05) is 18.2 Å². The van der Waals surface area contributed by atoms with Gasteiger partial charge in [-0.05, 0) is 37.6 Å². The Bertz CT molecular complexity index is 1130. The minimum atomic E-state index is -0.545. The van der Waals surface area contributed by atoms with Crippen LogP contribution in [0.25, 0.3) is 11.2 Å². The maximum Gasteiger partial charge on any atom is 0.332 e. The summed E-state index contributed by atoms with van der Waals surface area (Å²) in [7, 11) is 2.88. The van der Waals surface area contributed by atoms with E-state index in [0.29, 0.717) is 0 Å². The van der Waals surface area contributed by atoms with Crippen molar-refractivity contribution in [3.63, 3.8) is 0 Å². The number of anilines is 1. The van der Waals surface area contributed by atoms with Crippen molar-refractivity contribution in [3.8, 4) is 0 Å². The van der Waals surface area contributed by atoms with Gasteiger partial charge in [0.2, 0.25) is 11.2 Å². The number of aromatic nitrogens is 4. The second-order valence-electron chi connectivity index (χ2n) is 6.54. The van der Waals surface area contributed by atoms with E-state index in [9.17, 15) is 14.4 Å². The first kappa shape index (κ1) is 18.9. The molecule has 142 valence electrons. The molecule has 0 aliphatic heterocycles. The molecule has 0 radical (unpaired) electrons. The zero-order valence-corrected chi connectivity index (χ0v) is 16.3. The fraction of sp³-hybridized carbons (Fsp3) is 0.333. The van der Waals surface area contributed by atoms with E-state index < -0.39 is 11.2 Å². The van der Waals surface area contributed by atoms with Gasteiger partial charge in [-0.2, -0.15) is 4.98 Å². The van der Waals surface area contributed by atoms with Crippen molar-refractivity contribution >= 4 is 34.4 Å². The molecule has 1 amide bonds. The number of aryl methyl sites for hydroxylation is 1. The molecule has 0 unspecified atom stereocenters. The third kappa shape index (κ3) is 3.16. The lowest BCUT2D eigenvalue weighted by molar-refractivity contribution is -0.119. The van der Waals surface area contributed by atoms with Crippen molar-refractivity contribution in [3.05, 3.63) is 56.5 Å². The minimum absolute atomic E-state index is 0.0200. The quantitative estimate of drug-likeness (QED) is 0.633. The molecule has 2 heterocycles. The molecule has 0 N–H and O–H groups in total. The van der Waals surface area contributed by atoms with Crippen molar-refractivity contribution in [2.24, 2.45) is 14.1 Å². The number of carbonyl (C=O) groups is 1. The molecule has 0 saturated carbocycles. The summed E-state index contributed by atoms with van der Waals surface area (Å²) in [6, 6.07) is 9.16. The van der Waals surface area contributed by atoms with Crippen LogP contribution in [0.3, 0.4) is 0 Å². The van der Waals surface area contributed by atoms with Crippen LogP contribution in [-0.2, 0) is 25.4 Å². The Hall–Kier alpha value is -2.87. The Kier molecular flexibility index (Phi) is 4.93. The number of halogens is 1. The molecule has 2 aromatic heterocycles. The lowest BCUT2D eigenvalue weighted by Crippen LogP contribution is -2.40. The lowest BCUT2D eigenvalue weighted by atomic mass is 10.2. The normalized spacial score (nSPS) is 11.3. The topological polar surface area (TPSA) is 82.1 Å².